The summed E-state index contributed by atoms with van der Waals surface area (Å²) in [5.74, 6) is 0.730. The molecule has 37 heavy (non-hydrogen) atoms. The molecule has 4 rings (SSSR count). The van der Waals surface area contributed by atoms with Gasteiger partial charge in [0.15, 0.2) is 17.4 Å². The van der Waals surface area contributed by atoms with Gasteiger partial charge in [0.05, 0.1) is 24.1 Å². The number of nitrogens with one attached hydrogen (secondary N) is 2. The van der Waals surface area contributed by atoms with E-state index in [2.05, 4.69) is 56.6 Å². The highest BCUT2D eigenvalue weighted by molar-refractivity contribution is 5.94. The molecule has 12 nitrogen and oxygen atoms in total. The average molecular weight is 508 g/mol. The number of methoxy groups -OCH3 is 1. The van der Waals surface area contributed by atoms with Crippen molar-refractivity contribution in [3.8, 4) is 17.1 Å². The minimum atomic E-state index is -1.17. The van der Waals surface area contributed by atoms with E-state index in [-0.39, 0.29) is 22.7 Å². The van der Waals surface area contributed by atoms with Gasteiger partial charge in [-0.2, -0.15) is 15.2 Å². The van der Waals surface area contributed by atoms with Crippen molar-refractivity contribution < 1.29 is 14.6 Å². The number of aryl methyl sites for hydroxylation is 2. The second kappa shape index (κ2) is 11.1. The highest BCUT2D eigenvalue weighted by Gasteiger charge is 2.21. The molecule has 4 aromatic rings. The van der Waals surface area contributed by atoms with Crippen molar-refractivity contribution in [1.29, 1.82) is 0 Å². The van der Waals surface area contributed by atoms with Gasteiger partial charge in [0.2, 0.25) is 5.95 Å². The average Bonchev–Trinajstić information content (AvgIpc) is 3.45. The predicted octanol–water partition coefficient (Wildman–Crippen LogP) is 4.52. The Morgan fingerprint density at radius 3 is 2.38 bits per heavy atom. The van der Waals surface area contributed by atoms with Crippen LogP contribution in [0.2, 0.25) is 0 Å². The second-order valence-electron chi connectivity index (χ2n) is 8.93. The number of rotatable bonds is 7. The molecule has 12 heteroatoms. The number of carboxylic acid groups (broad SMARTS) is 1. The number of anilines is 4. The summed E-state index contributed by atoms with van der Waals surface area (Å²) in [4.78, 5) is 24.8. The lowest BCUT2D eigenvalue weighted by molar-refractivity contribution is 0.0697. The van der Waals surface area contributed by atoms with Crippen LogP contribution in [0.1, 0.15) is 50.7 Å². The minimum Gasteiger partial charge on any atom is -0.494 e. The highest BCUT2D eigenvalue weighted by Crippen LogP contribution is 2.36. The summed E-state index contributed by atoms with van der Waals surface area (Å²) in [5, 5.41) is 24.8. The molecule has 0 saturated heterocycles. The summed E-state index contributed by atoms with van der Waals surface area (Å²) >= 11 is 0. The van der Waals surface area contributed by atoms with E-state index in [1.165, 1.54) is 13.3 Å². The molecule has 0 aliphatic heterocycles. The predicted molar refractivity (Wildman–Crippen MR) is 142 cm³/mol. The number of aromatic carboxylic acids is 1. The maximum Gasteiger partial charge on any atom is 0.341 e. The lowest BCUT2D eigenvalue weighted by atomic mass is 9.92. The van der Waals surface area contributed by atoms with Crippen molar-refractivity contribution in [1.82, 2.24) is 34.5 Å². The maximum atomic E-state index is 11.9. The number of nitrogens with zero attached hydrogens (tertiary/aromatic N) is 7. The molecule has 3 aromatic heterocycles. The van der Waals surface area contributed by atoms with Crippen LogP contribution in [0, 0.1) is 0 Å². The fourth-order valence-corrected chi connectivity index (χ4v) is 3.38. The SMILES string of the molecule is CC.COc1c(Nc2nc(Nc3cc(C(C)(C)C)nn3C)ncc2C(=O)O)cccc1-c1ncn(C)n1. The molecule has 1 aromatic carbocycles. The Hall–Kier alpha value is -4.48. The van der Waals surface area contributed by atoms with Gasteiger partial charge < -0.3 is 20.5 Å². The Morgan fingerprint density at radius 2 is 1.81 bits per heavy atom. The van der Waals surface area contributed by atoms with E-state index in [9.17, 15) is 9.90 Å². The van der Waals surface area contributed by atoms with Gasteiger partial charge in [0, 0.05) is 31.8 Å². The van der Waals surface area contributed by atoms with Crippen molar-refractivity contribution in [2.45, 2.75) is 40.0 Å². The molecule has 0 aliphatic rings. The summed E-state index contributed by atoms with van der Waals surface area (Å²) in [6, 6.07) is 7.28. The van der Waals surface area contributed by atoms with Gasteiger partial charge in [-0.3, -0.25) is 9.36 Å². The Balaban J connectivity index is 0.00000186. The van der Waals surface area contributed by atoms with Crippen LogP contribution in [-0.4, -0.2) is 52.7 Å². The Bertz CT molecular complexity index is 1390. The molecule has 0 amide bonds. The fraction of sp³-hybridized carbons (Fsp3) is 0.360. The van der Waals surface area contributed by atoms with Gasteiger partial charge in [-0.1, -0.05) is 40.7 Å². The summed E-state index contributed by atoms with van der Waals surface area (Å²) in [7, 11) is 5.10. The summed E-state index contributed by atoms with van der Waals surface area (Å²) in [6.45, 7) is 10.2. The standard InChI is InChI=1S/C23H27N9O3.C2H6/c1-23(2,3)16-10-17(32(5)29-16)27-22-24-11-14(21(33)34)20(28-22)26-15-9-7-8-13(18(15)35-6)19-25-12-31(4)30-19;1-2/h7-12H,1-6H3,(H,33,34)(H2,24,26,27,28);1-2H3. The van der Waals surface area contributed by atoms with Crippen LogP contribution >= 0.6 is 0 Å². The number of benzene rings is 1. The number of carboxylic acids is 1. The van der Waals surface area contributed by atoms with Gasteiger partial charge in [-0.25, -0.2) is 14.8 Å². The minimum absolute atomic E-state index is 0.0950. The van der Waals surface area contributed by atoms with Gasteiger partial charge in [-0.15, -0.1) is 0 Å². The molecule has 0 radical (unpaired) electrons. The van der Waals surface area contributed by atoms with E-state index in [1.54, 1.807) is 34.9 Å². The zero-order valence-electron chi connectivity index (χ0n) is 22.4. The topological polar surface area (TPSA) is 145 Å². The number of para-hydroxylation sites is 1. The van der Waals surface area contributed by atoms with E-state index in [0.717, 1.165) is 5.69 Å². The third kappa shape index (κ3) is 6.02. The van der Waals surface area contributed by atoms with Gasteiger partial charge in [0.25, 0.3) is 0 Å². The van der Waals surface area contributed by atoms with E-state index in [1.807, 2.05) is 33.0 Å². The van der Waals surface area contributed by atoms with E-state index < -0.39 is 5.97 Å². The summed E-state index contributed by atoms with van der Waals surface area (Å²) in [6.07, 6.45) is 2.83. The van der Waals surface area contributed by atoms with Crippen LogP contribution in [0.25, 0.3) is 11.4 Å². The van der Waals surface area contributed by atoms with Gasteiger partial charge in [-0.05, 0) is 12.1 Å². The van der Waals surface area contributed by atoms with Gasteiger partial charge >= 0.3 is 5.97 Å². The largest absolute Gasteiger partial charge is 0.494 e. The Morgan fingerprint density at radius 1 is 1.08 bits per heavy atom. The van der Waals surface area contributed by atoms with Crippen LogP contribution in [0.5, 0.6) is 5.75 Å². The number of hydrogen-bond donors (Lipinski definition) is 3. The van der Waals surface area contributed by atoms with Crippen LogP contribution in [-0.2, 0) is 19.5 Å². The summed E-state index contributed by atoms with van der Waals surface area (Å²) < 4.78 is 8.89. The number of carbonyl (C=O) groups is 1. The van der Waals surface area contributed by atoms with E-state index >= 15 is 0 Å². The number of aromatic nitrogens is 7. The molecule has 196 valence electrons. The molecule has 0 saturated carbocycles. The zero-order chi connectivity index (χ0) is 27.3. The molecule has 0 bridgehead atoms. The first-order valence-corrected chi connectivity index (χ1v) is 11.8. The van der Waals surface area contributed by atoms with E-state index in [4.69, 9.17) is 4.74 Å². The lowest BCUT2D eigenvalue weighted by Gasteiger charge is -2.15. The smallest absolute Gasteiger partial charge is 0.341 e. The first kappa shape index (κ1) is 27.1. The first-order valence-electron chi connectivity index (χ1n) is 11.8. The van der Waals surface area contributed by atoms with Crippen LogP contribution in [0.4, 0.5) is 23.3 Å². The van der Waals surface area contributed by atoms with Gasteiger partial charge in [0.1, 0.15) is 17.7 Å². The van der Waals surface area contributed by atoms with Crippen molar-refractivity contribution in [2.24, 2.45) is 14.1 Å². The van der Waals surface area contributed by atoms with Crippen molar-refractivity contribution >= 4 is 29.2 Å². The molecule has 0 aliphatic carbocycles. The molecule has 3 heterocycles. The molecule has 0 unspecified atom stereocenters. The molecule has 0 fully saturated rings. The van der Waals surface area contributed by atoms with Crippen LogP contribution in [0.3, 0.4) is 0 Å². The highest BCUT2D eigenvalue weighted by atomic mass is 16.5. The normalized spacial score (nSPS) is 10.9. The first-order chi connectivity index (χ1) is 17.6. The second-order valence-corrected chi connectivity index (χ2v) is 8.93. The molecule has 0 spiro atoms. The van der Waals surface area contributed by atoms with Crippen molar-refractivity contribution in [3.63, 3.8) is 0 Å². The Kier molecular flexibility index (Phi) is 8.11. The monoisotopic (exact) mass is 507 g/mol. The van der Waals surface area contributed by atoms with Crippen molar-refractivity contribution in [2.75, 3.05) is 17.7 Å². The Labute approximate surface area is 215 Å². The molecular formula is C25H33N9O3. The third-order valence-electron chi connectivity index (χ3n) is 5.22. The number of ether oxygens (including phenoxy) is 1. The van der Waals surface area contributed by atoms with Crippen LogP contribution < -0.4 is 15.4 Å². The molecule has 0 atom stereocenters. The maximum absolute atomic E-state index is 11.9. The third-order valence-corrected chi connectivity index (χ3v) is 5.22. The summed E-state index contributed by atoms with van der Waals surface area (Å²) in [5.41, 5.74) is 1.81. The number of hydrogen-bond acceptors (Lipinski definition) is 9. The zero-order valence-corrected chi connectivity index (χ0v) is 22.4. The fourth-order valence-electron chi connectivity index (χ4n) is 3.38. The lowest BCUT2D eigenvalue weighted by Crippen LogP contribution is -2.12. The van der Waals surface area contributed by atoms with Crippen molar-refractivity contribution in [3.05, 3.63) is 48.0 Å². The quantitative estimate of drug-likeness (QED) is 0.326. The molecular weight excluding hydrogens is 474 g/mol. The van der Waals surface area contributed by atoms with Crippen LogP contribution in [0.15, 0.2) is 36.8 Å². The molecule has 3 N–H and O–H groups in total. The van der Waals surface area contributed by atoms with E-state index in [0.29, 0.717) is 28.6 Å².